The summed E-state index contributed by atoms with van der Waals surface area (Å²) in [6.07, 6.45) is 0.175. The molecule has 0 aliphatic carbocycles. The zero-order chi connectivity index (χ0) is 20.6. The van der Waals surface area contributed by atoms with Crippen molar-refractivity contribution in [2.45, 2.75) is 20.3 Å². The van der Waals surface area contributed by atoms with Crippen molar-refractivity contribution in [2.24, 2.45) is 0 Å². The summed E-state index contributed by atoms with van der Waals surface area (Å²) in [4.78, 5) is 26.1. The van der Waals surface area contributed by atoms with Gasteiger partial charge in [-0.3, -0.25) is 4.79 Å². The van der Waals surface area contributed by atoms with E-state index in [1.165, 1.54) is 11.3 Å². The van der Waals surface area contributed by atoms with Crippen LogP contribution in [-0.2, 0) is 9.53 Å². The molecular weight excluding hydrogens is 386 g/mol. The molecule has 150 valence electrons. The van der Waals surface area contributed by atoms with E-state index in [1.54, 1.807) is 6.92 Å². The van der Waals surface area contributed by atoms with Gasteiger partial charge in [0.25, 0.3) is 0 Å². The lowest BCUT2D eigenvalue weighted by Gasteiger charge is -2.09. The minimum atomic E-state index is -0.438. The summed E-state index contributed by atoms with van der Waals surface area (Å²) in [6.45, 7) is 4.21. The summed E-state index contributed by atoms with van der Waals surface area (Å²) in [5.74, 6) is 0.0599. The maximum absolute atomic E-state index is 12.7. The fourth-order valence-electron chi connectivity index (χ4n) is 2.95. The highest BCUT2D eigenvalue weighted by Crippen LogP contribution is 2.40. The van der Waals surface area contributed by atoms with E-state index in [0.29, 0.717) is 16.3 Å². The summed E-state index contributed by atoms with van der Waals surface area (Å²) in [5, 5.41) is 3.37. The van der Waals surface area contributed by atoms with Crippen LogP contribution in [0.1, 0.15) is 28.6 Å². The molecule has 1 N–H and O–H groups in total. The molecule has 6 heteroatoms. The second kappa shape index (κ2) is 9.89. The van der Waals surface area contributed by atoms with Crippen molar-refractivity contribution in [1.29, 1.82) is 0 Å². The number of esters is 1. The topological polar surface area (TPSA) is 64.6 Å². The number of ether oxygens (including phenoxy) is 2. The van der Waals surface area contributed by atoms with Crippen LogP contribution in [0.4, 0.5) is 5.00 Å². The summed E-state index contributed by atoms with van der Waals surface area (Å²) < 4.78 is 10.8. The lowest BCUT2D eigenvalue weighted by molar-refractivity contribution is -0.116. The molecule has 1 aromatic heterocycles. The summed E-state index contributed by atoms with van der Waals surface area (Å²) in [5.41, 5.74) is 2.11. The molecule has 5 nitrogen and oxygen atoms in total. The Bertz CT molecular complexity index is 967. The number of hydrogen-bond donors (Lipinski definition) is 1. The fraction of sp³-hybridized carbons (Fsp3) is 0.217. The van der Waals surface area contributed by atoms with Crippen LogP contribution >= 0.6 is 11.3 Å². The van der Waals surface area contributed by atoms with Gasteiger partial charge < -0.3 is 14.8 Å². The summed E-state index contributed by atoms with van der Waals surface area (Å²) in [7, 11) is 0. The Balaban J connectivity index is 1.77. The first-order valence-corrected chi connectivity index (χ1v) is 10.3. The molecule has 0 aliphatic heterocycles. The molecule has 3 rings (SSSR count). The minimum absolute atomic E-state index is 0.175. The van der Waals surface area contributed by atoms with Gasteiger partial charge in [0.05, 0.1) is 19.6 Å². The Kier molecular flexibility index (Phi) is 7.03. The normalized spacial score (nSPS) is 10.4. The SMILES string of the molecule is CCOC(=O)c1c(NC(=O)CCOc2ccccc2)sc(C)c1-c1ccccc1. The molecule has 29 heavy (non-hydrogen) atoms. The van der Waals surface area contributed by atoms with Crippen LogP contribution in [0.2, 0.25) is 0 Å². The number of para-hydroxylation sites is 1. The Hall–Kier alpha value is -3.12. The van der Waals surface area contributed by atoms with Crippen molar-refractivity contribution in [3.8, 4) is 16.9 Å². The molecule has 0 bridgehead atoms. The van der Waals surface area contributed by atoms with Crippen molar-refractivity contribution in [2.75, 3.05) is 18.5 Å². The molecule has 0 aliphatic rings. The van der Waals surface area contributed by atoms with Crippen LogP contribution in [0.15, 0.2) is 60.7 Å². The van der Waals surface area contributed by atoms with Crippen molar-refractivity contribution in [3.05, 3.63) is 71.1 Å². The van der Waals surface area contributed by atoms with Crippen LogP contribution in [0.25, 0.3) is 11.1 Å². The van der Waals surface area contributed by atoms with Crippen molar-refractivity contribution < 1.29 is 19.1 Å². The number of amides is 1. The third-order valence-corrected chi connectivity index (χ3v) is 5.24. The van der Waals surface area contributed by atoms with E-state index in [9.17, 15) is 9.59 Å². The van der Waals surface area contributed by atoms with Crippen LogP contribution < -0.4 is 10.1 Å². The van der Waals surface area contributed by atoms with Gasteiger partial charge in [0.2, 0.25) is 5.91 Å². The lowest BCUT2D eigenvalue weighted by atomic mass is 10.0. The van der Waals surface area contributed by atoms with Crippen molar-refractivity contribution >= 4 is 28.2 Å². The predicted molar refractivity (Wildman–Crippen MR) is 116 cm³/mol. The fourth-order valence-corrected chi connectivity index (χ4v) is 4.03. The zero-order valence-corrected chi connectivity index (χ0v) is 17.3. The number of anilines is 1. The van der Waals surface area contributed by atoms with Crippen molar-refractivity contribution in [3.63, 3.8) is 0 Å². The third-order valence-electron chi connectivity index (χ3n) is 4.22. The zero-order valence-electron chi connectivity index (χ0n) is 16.4. The van der Waals surface area contributed by atoms with E-state index >= 15 is 0 Å². The number of carbonyl (C=O) groups is 2. The first-order chi connectivity index (χ1) is 14.1. The quantitative estimate of drug-likeness (QED) is 0.512. The Morgan fingerprint density at radius 2 is 1.66 bits per heavy atom. The third kappa shape index (κ3) is 5.23. The van der Waals surface area contributed by atoms with Gasteiger partial charge >= 0.3 is 5.97 Å². The number of carbonyl (C=O) groups excluding carboxylic acids is 2. The Morgan fingerprint density at radius 3 is 2.31 bits per heavy atom. The number of benzene rings is 2. The molecule has 2 aromatic carbocycles. The Morgan fingerprint density at radius 1 is 1.00 bits per heavy atom. The largest absolute Gasteiger partial charge is 0.493 e. The highest BCUT2D eigenvalue weighted by atomic mass is 32.1. The molecule has 0 spiro atoms. The smallest absolute Gasteiger partial charge is 0.341 e. The van der Waals surface area contributed by atoms with Gasteiger partial charge in [-0.1, -0.05) is 48.5 Å². The molecule has 1 heterocycles. The van der Waals surface area contributed by atoms with E-state index in [2.05, 4.69) is 5.32 Å². The molecule has 0 atom stereocenters. The molecule has 0 unspecified atom stereocenters. The number of nitrogens with one attached hydrogen (secondary N) is 1. The number of hydrogen-bond acceptors (Lipinski definition) is 5. The van der Waals surface area contributed by atoms with Crippen LogP contribution in [0.5, 0.6) is 5.75 Å². The highest BCUT2D eigenvalue weighted by molar-refractivity contribution is 7.17. The molecule has 1 amide bonds. The van der Waals surface area contributed by atoms with E-state index in [1.807, 2.05) is 67.6 Å². The maximum atomic E-state index is 12.7. The monoisotopic (exact) mass is 409 g/mol. The van der Waals surface area contributed by atoms with Gasteiger partial charge in [0.15, 0.2) is 0 Å². The molecular formula is C23H23NO4S. The van der Waals surface area contributed by atoms with Gasteiger partial charge in [0, 0.05) is 10.4 Å². The molecule has 0 saturated heterocycles. The van der Waals surface area contributed by atoms with Gasteiger partial charge in [-0.25, -0.2) is 4.79 Å². The molecule has 0 fully saturated rings. The predicted octanol–water partition coefficient (Wildman–Crippen LogP) is 5.31. The van der Waals surface area contributed by atoms with Gasteiger partial charge in [-0.2, -0.15) is 0 Å². The highest BCUT2D eigenvalue weighted by Gasteiger charge is 2.25. The van der Waals surface area contributed by atoms with Crippen LogP contribution in [0, 0.1) is 6.92 Å². The van der Waals surface area contributed by atoms with Gasteiger partial charge in [-0.05, 0) is 31.5 Å². The number of thiophene rings is 1. The maximum Gasteiger partial charge on any atom is 0.341 e. The van der Waals surface area contributed by atoms with Crippen molar-refractivity contribution in [1.82, 2.24) is 0 Å². The average Bonchev–Trinajstić information content (AvgIpc) is 3.05. The lowest BCUT2D eigenvalue weighted by Crippen LogP contribution is -2.17. The van der Waals surface area contributed by atoms with E-state index < -0.39 is 5.97 Å². The second-order valence-electron chi connectivity index (χ2n) is 6.28. The molecule has 3 aromatic rings. The number of aryl methyl sites for hydroxylation is 1. The first kappa shape index (κ1) is 20.6. The summed E-state index contributed by atoms with van der Waals surface area (Å²) >= 11 is 1.37. The van der Waals surface area contributed by atoms with Crippen LogP contribution in [0.3, 0.4) is 0 Å². The van der Waals surface area contributed by atoms with E-state index in [4.69, 9.17) is 9.47 Å². The van der Waals surface area contributed by atoms with Crippen LogP contribution in [-0.4, -0.2) is 25.1 Å². The first-order valence-electron chi connectivity index (χ1n) is 9.43. The summed E-state index contributed by atoms with van der Waals surface area (Å²) in [6, 6.07) is 19.0. The molecule has 0 saturated carbocycles. The van der Waals surface area contributed by atoms with Gasteiger partial charge in [-0.15, -0.1) is 11.3 Å². The Labute approximate surface area is 174 Å². The van der Waals surface area contributed by atoms with Gasteiger partial charge in [0.1, 0.15) is 16.3 Å². The number of rotatable bonds is 8. The van der Waals surface area contributed by atoms with E-state index in [-0.39, 0.29) is 25.5 Å². The van der Waals surface area contributed by atoms with E-state index in [0.717, 1.165) is 16.0 Å². The molecule has 0 radical (unpaired) electrons. The second-order valence-corrected chi connectivity index (χ2v) is 7.51. The minimum Gasteiger partial charge on any atom is -0.493 e. The standard InChI is InChI=1S/C23H23NO4S/c1-3-27-23(26)21-20(17-10-6-4-7-11-17)16(2)29-22(21)24-19(25)14-15-28-18-12-8-5-9-13-18/h4-13H,3,14-15H2,1-2H3,(H,24,25). The average molecular weight is 410 g/mol.